The summed E-state index contributed by atoms with van der Waals surface area (Å²) in [6, 6.07) is 0. The molecule has 0 amide bonds. The number of hydrogen-bond donors (Lipinski definition) is 0. The molecule has 0 aromatic heterocycles. The van der Waals surface area contributed by atoms with Crippen molar-refractivity contribution in [3.05, 3.63) is 0 Å². The van der Waals surface area contributed by atoms with Crippen LogP contribution in [0.3, 0.4) is 0 Å². The van der Waals surface area contributed by atoms with Crippen molar-refractivity contribution < 1.29 is 92.1 Å². The molecule has 0 atom stereocenters. The van der Waals surface area contributed by atoms with Gasteiger partial charge in [-0.1, -0.05) is 0 Å². The van der Waals surface area contributed by atoms with Crippen LogP contribution in [0.25, 0.3) is 0 Å². The maximum absolute atomic E-state index is 0. The Morgan fingerprint density at radius 1 is 0.182 bits per heavy atom. The molecule has 0 fully saturated rings. The van der Waals surface area contributed by atoms with E-state index in [1.54, 1.807) is 0 Å². The van der Waals surface area contributed by atoms with Crippen LogP contribution < -0.4 is 0 Å². The van der Waals surface area contributed by atoms with Gasteiger partial charge in [-0.2, -0.15) is 0 Å². The van der Waals surface area contributed by atoms with E-state index in [1.807, 2.05) is 0 Å². The average Bonchev–Trinajstić information content (AvgIpc) is 0. The predicted octanol–water partition coefficient (Wildman–Crippen LogP) is -8.25. The van der Waals surface area contributed by atoms with Crippen molar-refractivity contribution in [1.82, 2.24) is 0 Å². The molecule has 0 aromatic rings. The van der Waals surface area contributed by atoms with Crippen LogP contribution in [0, 0.1) is 37.3 Å². The van der Waals surface area contributed by atoms with Gasteiger partial charge in [0.25, 0.3) is 0 Å². The molecular weight excluding hydrogens is 327 g/mol. The summed E-state index contributed by atoms with van der Waals surface area (Å²) in [5.41, 5.74) is 0. The van der Waals surface area contributed by atoms with Crippen LogP contribution in [0.2, 0.25) is 0 Å². The third kappa shape index (κ3) is 1180. The SMILES string of the molecule is O.O.O.O.O.O.O.O.O.O.[Er]. The zero-order valence-electron chi connectivity index (χ0n) is 5.29. The van der Waals surface area contributed by atoms with Crippen LogP contribution in [-0.2, 0) is 0 Å². The van der Waals surface area contributed by atoms with E-state index in [0.29, 0.717) is 0 Å². The van der Waals surface area contributed by atoms with E-state index in [4.69, 9.17) is 0 Å². The van der Waals surface area contributed by atoms with Gasteiger partial charge >= 0.3 is 0 Å². The molecule has 0 rings (SSSR count). The maximum Gasteiger partial charge on any atom is 0 e. The topological polar surface area (TPSA) is 315 Å². The number of hydrogen-bond acceptors (Lipinski definition) is 0. The minimum Gasteiger partial charge on any atom is -0.412 e. The summed E-state index contributed by atoms with van der Waals surface area (Å²) in [4.78, 5) is 0. The van der Waals surface area contributed by atoms with Crippen LogP contribution >= 0.6 is 0 Å². The third-order valence-corrected chi connectivity index (χ3v) is 0. The van der Waals surface area contributed by atoms with Gasteiger partial charge in [-0.25, -0.2) is 0 Å². The van der Waals surface area contributed by atoms with E-state index in [0.717, 1.165) is 0 Å². The van der Waals surface area contributed by atoms with Gasteiger partial charge < -0.3 is 54.8 Å². The monoisotopic (exact) mass is 346 g/mol. The Kier molecular flexibility index (Phi) is 259000. The fourth-order valence-corrected chi connectivity index (χ4v) is 0. The normalized spacial score (nSPS) is 0. The molecule has 0 saturated heterocycles. The van der Waals surface area contributed by atoms with E-state index < -0.39 is 0 Å². The van der Waals surface area contributed by atoms with E-state index in [1.165, 1.54) is 0 Å². The minimum atomic E-state index is 0. The first-order valence-electron chi connectivity index (χ1n) is 0. The van der Waals surface area contributed by atoms with Crippen LogP contribution in [0.15, 0.2) is 0 Å². The molecule has 0 heterocycles. The largest absolute Gasteiger partial charge is 0.412 e. The van der Waals surface area contributed by atoms with E-state index in [-0.39, 0.29) is 92.1 Å². The van der Waals surface area contributed by atoms with Crippen LogP contribution in [0.5, 0.6) is 0 Å². The minimum absolute atomic E-state index is 0. The fourth-order valence-electron chi connectivity index (χ4n) is 0. The Bertz CT molecular complexity index is 4.83. The Hall–Kier alpha value is 0.847. The quantitative estimate of drug-likeness (QED) is 0.393. The Morgan fingerprint density at radius 2 is 0.182 bits per heavy atom. The molecule has 20 N–H and O–H groups in total. The van der Waals surface area contributed by atoms with Crippen molar-refractivity contribution >= 4 is 0 Å². The van der Waals surface area contributed by atoms with E-state index >= 15 is 0 Å². The fraction of sp³-hybridized carbons (Fsp3) is 0. The van der Waals surface area contributed by atoms with Crippen molar-refractivity contribution in [2.75, 3.05) is 0 Å². The average molecular weight is 347 g/mol. The summed E-state index contributed by atoms with van der Waals surface area (Å²) in [6.45, 7) is 0. The van der Waals surface area contributed by atoms with Crippen molar-refractivity contribution in [3.8, 4) is 0 Å². The summed E-state index contributed by atoms with van der Waals surface area (Å²) < 4.78 is 0. The van der Waals surface area contributed by atoms with Crippen molar-refractivity contribution in [1.29, 1.82) is 0 Å². The molecule has 11 heavy (non-hydrogen) atoms. The maximum atomic E-state index is 0. The standard InChI is InChI=1S/Er.10H2O/h;10*1H2. The van der Waals surface area contributed by atoms with Gasteiger partial charge in [-0.15, -0.1) is 0 Å². The van der Waals surface area contributed by atoms with Crippen LogP contribution in [0.1, 0.15) is 0 Å². The second-order valence-corrected chi connectivity index (χ2v) is 0. The van der Waals surface area contributed by atoms with E-state index in [2.05, 4.69) is 0 Å². The Balaban J connectivity index is 0. The molecule has 0 aliphatic heterocycles. The summed E-state index contributed by atoms with van der Waals surface area (Å²) in [6.07, 6.45) is 0. The van der Waals surface area contributed by atoms with Crippen LogP contribution in [-0.4, -0.2) is 54.8 Å². The van der Waals surface area contributed by atoms with Gasteiger partial charge in [-0.3, -0.25) is 0 Å². The second-order valence-electron chi connectivity index (χ2n) is 0. The van der Waals surface area contributed by atoms with E-state index in [9.17, 15) is 0 Å². The Morgan fingerprint density at radius 3 is 0.182 bits per heavy atom. The molecule has 10 nitrogen and oxygen atoms in total. The van der Waals surface area contributed by atoms with Crippen molar-refractivity contribution in [2.24, 2.45) is 0 Å². The molecule has 92 valence electrons. The molecule has 11 heteroatoms. The first-order chi connectivity index (χ1) is 0. The molecule has 0 spiro atoms. The van der Waals surface area contributed by atoms with Crippen molar-refractivity contribution in [2.45, 2.75) is 0 Å². The van der Waals surface area contributed by atoms with Gasteiger partial charge in [0.2, 0.25) is 0 Å². The van der Waals surface area contributed by atoms with Gasteiger partial charge in [0.05, 0.1) is 0 Å². The first kappa shape index (κ1) is 1940. The molecule has 0 aliphatic carbocycles. The summed E-state index contributed by atoms with van der Waals surface area (Å²) >= 11 is 0. The van der Waals surface area contributed by atoms with Gasteiger partial charge in [-0.05, 0) is 0 Å². The molecule has 0 aromatic carbocycles. The zero-order chi connectivity index (χ0) is 0. The smallest absolute Gasteiger partial charge is 0 e. The van der Waals surface area contributed by atoms with Crippen LogP contribution in [0.4, 0.5) is 0 Å². The summed E-state index contributed by atoms with van der Waals surface area (Å²) in [7, 11) is 0. The second kappa shape index (κ2) is 1470. The molecule has 0 bridgehead atoms. The molecule has 0 radical (unpaired) electrons. The first-order valence-corrected chi connectivity index (χ1v) is 0. The summed E-state index contributed by atoms with van der Waals surface area (Å²) in [5.74, 6) is 0. The number of rotatable bonds is 0. The molecule has 0 unspecified atom stereocenters. The van der Waals surface area contributed by atoms with Gasteiger partial charge in [0, 0.05) is 37.3 Å². The van der Waals surface area contributed by atoms with Crippen molar-refractivity contribution in [3.63, 3.8) is 0 Å². The van der Waals surface area contributed by atoms with Gasteiger partial charge in [0.15, 0.2) is 0 Å². The molecule has 0 aliphatic rings. The summed E-state index contributed by atoms with van der Waals surface area (Å²) in [5, 5.41) is 0. The molecular formula is H20ErO10. The van der Waals surface area contributed by atoms with Gasteiger partial charge in [0.1, 0.15) is 0 Å². The predicted molar refractivity (Wildman–Crippen MR) is 36.1 cm³/mol. The Labute approximate surface area is 91.9 Å². The zero-order valence-corrected chi connectivity index (χ0v) is 7.14. The molecule has 0 saturated carbocycles. The third-order valence-electron chi connectivity index (χ3n) is 0.